The summed E-state index contributed by atoms with van der Waals surface area (Å²) in [5.41, 5.74) is 3.66. The summed E-state index contributed by atoms with van der Waals surface area (Å²) in [6, 6.07) is 7.75. The molecule has 21 heavy (non-hydrogen) atoms. The van der Waals surface area contributed by atoms with Crippen LogP contribution in [0, 0.1) is 17.0 Å². The van der Waals surface area contributed by atoms with E-state index in [2.05, 4.69) is 15.6 Å². The molecule has 0 aliphatic heterocycles. The van der Waals surface area contributed by atoms with Crippen molar-refractivity contribution in [2.24, 2.45) is 5.10 Å². The smallest absolute Gasteiger partial charge is 0.270 e. The molecule has 1 heterocycles. The zero-order valence-electron chi connectivity index (χ0n) is 11.3. The number of carbonyl (C=O) groups is 1. The number of hydrazone groups is 1. The van der Waals surface area contributed by atoms with Crippen molar-refractivity contribution in [1.29, 1.82) is 0 Å². The minimum absolute atomic E-state index is 0.0303. The molecule has 1 aromatic heterocycles. The van der Waals surface area contributed by atoms with Crippen LogP contribution >= 0.6 is 0 Å². The van der Waals surface area contributed by atoms with Crippen LogP contribution in [0.3, 0.4) is 0 Å². The Balaban J connectivity index is 1.91. The molecule has 0 atom stereocenters. The number of benzene rings is 1. The number of hydrogen-bond acceptors (Lipinski definition) is 5. The second-order valence-corrected chi connectivity index (χ2v) is 4.30. The first-order chi connectivity index (χ1) is 10.0. The standard InChI is InChI=1S/C13H13N5O3/c1-10-5-6-17(16-10)9-13(19)15-14-8-11-3-2-4-12(7-11)18(20)21/h2-8H,9H2,1H3,(H,15,19)/b14-8-. The Bertz CT molecular complexity index is 693. The van der Waals surface area contributed by atoms with E-state index in [0.29, 0.717) is 5.56 Å². The maximum absolute atomic E-state index is 11.6. The van der Waals surface area contributed by atoms with Gasteiger partial charge in [0.25, 0.3) is 11.6 Å². The van der Waals surface area contributed by atoms with Crippen molar-refractivity contribution in [3.8, 4) is 0 Å². The van der Waals surface area contributed by atoms with Crippen molar-refractivity contribution in [3.05, 3.63) is 57.9 Å². The third-order valence-corrected chi connectivity index (χ3v) is 2.56. The lowest BCUT2D eigenvalue weighted by molar-refractivity contribution is -0.384. The largest absolute Gasteiger partial charge is 0.271 e. The maximum atomic E-state index is 11.6. The first-order valence-corrected chi connectivity index (χ1v) is 6.11. The summed E-state index contributed by atoms with van der Waals surface area (Å²) in [4.78, 5) is 21.7. The Hall–Kier alpha value is -3.03. The fourth-order valence-electron chi connectivity index (χ4n) is 1.63. The number of nitrogens with one attached hydrogen (secondary N) is 1. The molecule has 1 N–H and O–H groups in total. The van der Waals surface area contributed by atoms with E-state index in [4.69, 9.17) is 0 Å². The van der Waals surface area contributed by atoms with Crippen LogP contribution in [0.4, 0.5) is 5.69 Å². The average molecular weight is 287 g/mol. The molecule has 0 saturated carbocycles. The molecule has 0 unspecified atom stereocenters. The number of nitro benzene ring substituents is 1. The molecule has 0 radical (unpaired) electrons. The number of aromatic nitrogens is 2. The number of carbonyl (C=O) groups excluding carboxylic acids is 1. The molecule has 0 fully saturated rings. The van der Waals surface area contributed by atoms with Crippen molar-refractivity contribution in [2.75, 3.05) is 0 Å². The van der Waals surface area contributed by atoms with Crippen molar-refractivity contribution in [3.63, 3.8) is 0 Å². The van der Waals surface area contributed by atoms with Gasteiger partial charge in [-0.3, -0.25) is 19.6 Å². The summed E-state index contributed by atoms with van der Waals surface area (Å²) in [6.07, 6.45) is 3.04. The van der Waals surface area contributed by atoms with Crippen LogP contribution in [0.2, 0.25) is 0 Å². The predicted octanol–water partition coefficient (Wildman–Crippen LogP) is 1.25. The molecule has 2 rings (SSSR count). The van der Waals surface area contributed by atoms with Gasteiger partial charge in [0, 0.05) is 23.9 Å². The molecule has 8 heteroatoms. The van der Waals surface area contributed by atoms with E-state index in [1.54, 1.807) is 24.4 Å². The third-order valence-electron chi connectivity index (χ3n) is 2.56. The summed E-state index contributed by atoms with van der Waals surface area (Å²) in [7, 11) is 0. The van der Waals surface area contributed by atoms with Gasteiger partial charge >= 0.3 is 0 Å². The summed E-state index contributed by atoms with van der Waals surface area (Å²) in [5, 5.41) is 18.5. The normalized spacial score (nSPS) is 10.7. The average Bonchev–Trinajstić information content (AvgIpc) is 2.84. The summed E-state index contributed by atoms with van der Waals surface area (Å²) < 4.78 is 1.49. The lowest BCUT2D eigenvalue weighted by Crippen LogP contribution is -2.23. The summed E-state index contributed by atoms with van der Waals surface area (Å²) >= 11 is 0. The van der Waals surface area contributed by atoms with Gasteiger partial charge in [0.1, 0.15) is 6.54 Å². The third kappa shape index (κ3) is 4.23. The molecular formula is C13H13N5O3. The monoisotopic (exact) mass is 287 g/mol. The van der Waals surface area contributed by atoms with E-state index in [-0.39, 0.29) is 18.1 Å². The molecule has 0 saturated heterocycles. The first kappa shape index (κ1) is 14.4. The van der Waals surface area contributed by atoms with E-state index in [1.807, 2.05) is 6.92 Å². The van der Waals surface area contributed by atoms with Gasteiger partial charge in [-0.15, -0.1) is 0 Å². The van der Waals surface area contributed by atoms with Gasteiger partial charge in [-0.25, -0.2) is 5.43 Å². The number of nitrogens with zero attached hydrogens (tertiary/aromatic N) is 4. The number of amides is 1. The number of hydrogen-bond donors (Lipinski definition) is 1. The van der Waals surface area contributed by atoms with Gasteiger partial charge in [-0.2, -0.15) is 10.2 Å². The van der Waals surface area contributed by atoms with E-state index in [1.165, 1.54) is 23.0 Å². The Labute approximate surface area is 120 Å². The fourth-order valence-corrected chi connectivity index (χ4v) is 1.63. The van der Waals surface area contributed by atoms with Gasteiger partial charge in [0.2, 0.25) is 0 Å². The van der Waals surface area contributed by atoms with Crippen LogP contribution in [-0.2, 0) is 11.3 Å². The molecule has 0 spiro atoms. The summed E-state index contributed by atoms with van der Waals surface area (Å²) in [6.45, 7) is 1.88. The Morgan fingerprint density at radius 2 is 2.33 bits per heavy atom. The zero-order valence-corrected chi connectivity index (χ0v) is 11.3. The van der Waals surface area contributed by atoms with Crippen molar-refractivity contribution >= 4 is 17.8 Å². The number of non-ortho nitro benzene ring substituents is 1. The van der Waals surface area contributed by atoms with Crippen LogP contribution in [0.15, 0.2) is 41.6 Å². The van der Waals surface area contributed by atoms with E-state index >= 15 is 0 Å². The molecule has 0 aliphatic carbocycles. The van der Waals surface area contributed by atoms with Crippen molar-refractivity contribution in [1.82, 2.24) is 15.2 Å². The number of aryl methyl sites for hydroxylation is 1. The highest BCUT2D eigenvalue weighted by atomic mass is 16.6. The van der Waals surface area contributed by atoms with Crippen LogP contribution in [-0.4, -0.2) is 26.8 Å². The van der Waals surface area contributed by atoms with Gasteiger partial charge in [0.15, 0.2) is 0 Å². The van der Waals surface area contributed by atoms with Crippen LogP contribution in [0.1, 0.15) is 11.3 Å². The molecular weight excluding hydrogens is 274 g/mol. The number of nitro groups is 1. The zero-order chi connectivity index (χ0) is 15.2. The minimum atomic E-state index is -0.490. The Kier molecular flexibility index (Phi) is 4.39. The highest BCUT2D eigenvalue weighted by Gasteiger charge is 2.04. The van der Waals surface area contributed by atoms with Gasteiger partial charge < -0.3 is 0 Å². The fraction of sp³-hybridized carbons (Fsp3) is 0.154. The van der Waals surface area contributed by atoms with Gasteiger partial charge in [-0.05, 0) is 13.0 Å². The first-order valence-electron chi connectivity index (χ1n) is 6.11. The molecule has 0 aliphatic rings. The van der Waals surface area contributed by atoms with Crippen LogP contribution in [0.25, 0.3) is 0 Å². The highest BCUT2D eigenvalue weighted by Crippen LogP contribution is 2.11. The molecule has 2 aromatic rings. The van der Waals surface area contributed by atoms with E-state index in [9.17, 15) is 14.9 Å². The molecule has 108 valence electrons. The second kappa shape index (κ2) is 6.42. The van der Waals surface area contributed by atoms with Gasteiger partial charge in [0.05, 0.1) is 16.8 Å². The molecule has 0 bridgehead atoms. The van der Waals surface area contributed by atoms with E-state index in [0.717, 1.165) is 5.69 Å². The summed E-state index contributed by atoms with van der Waals surface area (Å²) in [5.74, 6) is -0.334. The van der Waals surface area contributed by atoms with E-state index < -0.39 is 4.92 Å². The number of rotatable bonds is 5. The second-order valence-electron chi connectivity index (χ2n) is 4.30. The van der Waals surface area contributed by atoms with Gasteiger partial charge in [-0.1, -0.05) is 12.1 Å². The topological polar surface area (TPSA) is 102 Å². The van der Waals surface area contributed by atoms with Crippen molar-refractivity contribution < 1.29 is 9.72 Å². The molecule has 1 amide bonds. The molecule has 8 nitrogen and oxygen atoms in total. The lowest BCUT2D eigenvalue weighted by Gasteiger charge is -2.00. The SMILES string of the molecule is Cc1ccn(CC(=O)N/N=C\c2cccc([N+](=O)[O-])c2)n1. The van der Waals surface area contributed by atoms with Crippen LogP contribution in [0.5, 0.6) is 0 Å². The minimum Gasteiger partial charge on any atom is -0.271 e. The Morgan fingerprint density at radius 3 is 3.00 bits per heavy atom. The van der Waals surface area contributed by atoms with Crippen LogP contribution < -0.4 is 5.43 Å². The highest BCUT2D eigenvalue weighted by molar-refractivity contribution is 5.83. The lowest BCUT2D eigenvalue weighted by atomic mass is 10.2. The Morgan fingerprint density at radius 1 is 1.52 bits per heavy atom. The maximum Gasteiger partial charge on any atom is 0.270 e. The van der Waals surface area contributed by atoms with Crippen molar-refractivity contribution in [2.45, 2.75) is 13.5 Å². The molecule has 1 aromatic carbocycles. The predicted molar refractivity (Wildman–Crippen MR) is 75.8 cm³/mol. The quantitative estimate of drug-likeness (QED) is 0.508.